The summed E-state index contributed by atoms with van der Waals surface area (Å²) in [5, 5.41) is 13.8. The summed E-state index contributed by atoms with van der Waals surface area (Å²) in [5.41, 5.74) is 1.16. The van der Waals surface area contributed by atoms with Gasteiger partial charge in [-0.25, -0.2) is 0 Å². The van der Waals surface area contributed by atoms with Gasteiger partial charge in [-0.05, 0) is 24.8 Å². The van der Waals surface area contributed by atoms with Gasteiger partial charge in [0.05, 0.1) is 12.0 Å². The predicted octanol–water partition coefficient (Wildman–Crippen LogP) is 2.29. The summed E-state index contributed by atoms with van der Waals surface area (Å²) in [7, 11) is 0. The molecule has 2 atom stereocenters. The smallest absolute Gasteiger partial charge is 0.232 e. The number of aliphatic hydroxyl groups excluding tert-OH is 1. The third-order valence-corrected chi connectivity index (χ3v) is 3.49. The van der Waals surface area contributed by atoms with E-state index in [2.05, 4.69) is 10.1 Å². The van der Waals surface area contributed by atoms with Crippen LogP contribution in [0.1, 0.15) is 42.5 Å². The zero-order valence-corrected chi connectivity index (χ0v) is 10.1. The van der Waals surface area contributed by atoms with Gasteiger partial charge < -0.3 is 9.63 Å². The molecule has 1 aromatic carbocycles. The van der Waals surface area contributed by atoms with Gasteiger partial charge in [0, 0.05) is 6.42 Å². The Balaban J connectivity index is 1.74. The third-order valence-electron chi connectivity index (χ3n) is 3.49. The first-order valence-electron chi connectivity index (χ1n) is 6.37. The number of aliphatic hydroxyl groups is 1. The molecule has 0 spiro atoms. The molecule has 0 aliphatic heterocycles. The average molecular weight is 244 g/mol. The second-order valence-electron chi connectivity index (χ2n) is 4.82. The molecule has 1 aliphatic carbocycles. The lowest BCUT2D eigenvalue weighted by molar-refractivity contribution is 0.148. The molecule has 0 amide bonds. The van der Waals surface area contributed by atoms with Crippen LogP contribution in [0.4, 0.5) is 0 Å². The molecule has 3 rings (SSSR count). The number of rotatable bonds is 3. The molecule has 0 saturated heterocycles. The van der Waals surface area contributed by atoms with Crippen LogP contribution in [0.3, 0.4) is 0 Å². The number of aromatic nitrogens is 2. The van der Waals surface area contributed by atoms with Crippen LogP contribution in [0.15, 0.2) is 34.9 Å². The molecule has 1 N–H and O–H groups in total. The summed E-state index contributed by atoms with van der Waals surface area (Å²) in [5.74, 6) is 1.31. The predicted molar refractivity (Wildman–Crippen MR) is 66.1 cm³/mol. The fraction of sp³-hybridized carbons (Fsp3) is 0.429. The van der Waals surface area contributed by atoms with E-state index in [-0.39, 0.29) is 12.0 Å². The third kappa shape index (κ3) is 2.29. The molecule has 94 valence electrons. The zero-order chi connectivity index (χ0) is 12.4. The summed E-state index contributed by atoms with van der Waals surface area (Å²) in [4.78, 5) is 4.40. The maximum absolute atomic E-state index is 9.81. The highest BCUT2D eigenvalue weighted by atomic mass is 16.5. The van der Waals surface area contributed by atoms with Crippen LogP contribution >= 0.6 is 0 Å². The Morgan fingerprint density at radius 2 is 2.06 bits per heavy atom. The van der Waals surface area contributed by atoms with Gasteiger partial charge in [0.25, 0.3) is 0 Å². The van der Waals surface area contributed by atoms with Gasteiger partial charge in [0.1, 0.15) is 0 Å². The molecule has 2 unspecified atom stereocenters. The number of hydrogen-bond acceptors (Lipinski definition) is 4. The zero-order valence-electron chi connectivity index (χ0n) is 10.1. The molecule has 0 bridgehead atoms. The van der Waals surface area contributed by atoms with Crippen molar-refractivity contribution in [1.29, 1.82) is 0 Å². The topological polar surface area (TPSA) is 59.2 Å². The van der Waals surface area contributed by atoms with Gasteiger partial charge in [-0.15, -0.1) is 0 Å². The lowest BCUT2D eigenvalue weighted by Crippen LogP contribution is -2.11. The Labute approximate surface area is 106 Å². The van der Waals surface area contributed by atoms with Crippen LogP contribution in [0, 0.1) is 0 Å². The van der Waals surface area contributed by atoms with Crippen LogP contribution in [-0.2, 0) is 6.42 Å². The monoisotopic (exact) mass is 244 g/mol. The average Bonchev–Trinajstić information content (AvgIpc) is 2.99. The number of hydrogen-bond donors (Lipinski definition) is 1. The highest BCUT2D eigenvalue weighted by Gasteiger charge is 2.31. The maximum Gasteiger partial charge on any atom is 0.232 e. The van der Waals surface area contributed by atoms with E-state index in [9.17, 15) is 5.11 Å². The highest BCUT2D eigenvalue weighted by Crippen LogP contribution is 2.33. The Kier molecular flexibility index (Phi) is 3.11. The molecule has 1 fully saturated rings. The summed E-state index contributed by atoms with van der Waals surface area (Å²) < 4.78 is 5.27. The van der Waals surface area contributed by atoms with E-state index in [0.29, 0.717) is 18.1 Å². The van der Waals surface area contributed by atoms with Gasteiger partial charge in [-0.3, -0.25) is 0 Å². The van der Waals surface area contributed by atoms with Crippen molar-refractivity contribution in [3.8, 4) is 0 Å². The van der Waals surface area contributed by atoms with Crippen molar-refractivity contribution >= 4 is 0 Å². The normalized spacial score (nSPS) is 23.4. The van der Waals surface area contributed by atoms with Crippen LogP contribution in [0.5, 0.6) is 0 Å². The molecular formula is C14H16N2O2. The van der Waals surface area contributed by atoms with Gasteiger partial charge >= 0.3 is 0 Å². The number of benzene rings is 1. The first-order valence-corrected chi connectivity index (χ1v) is 6.37. The summed E-state index contributed by atoms with van der Waals surface area (Å²) in [6, 6.07) is 10.1. The van der Waals surface area contributed by atoms with Crippen molar-refractivity contribution in [2.45, 2.75) is 37.7 Å². The minimum Gasteiger partial charge on any atom is -0.392 e. The second-order valence-corrected chi connectivity index (χ2v) is 4.82. The van der Waals surface area contributed by atoms with E-state index in [1.807, 2.05) is 30.3 Å². The van der Waals surface area contributed by atoms with Crippen molar-refractivity contribution in [2.75, 3.05) is 0 Å². The fourth-order valence-corrected chi connectivity index (χ4v) is 2.50. The van der Waals surface area contributed by atoms with Crippen molar-refractivity contribution < 1.29 is 9.63 Å². The van der Waals surface area contributed by atoms with Crippen molar-refractivity contribution in [2.24, 2.45) is 0 Å². The van der Waals surface area contributed by atoms with E-state index < -0.39 is 0 Å². The Morgan fingerprint density at radius 1 is 1.22 bits per heavy atom. The van der Waals surface area contributed by atoms with Crippen molar-refractivity contribution in [3.63, 3.8) is 0 Å². The quantitative estimate of drug-likeness (QED) is 0.900. The fourth-order valence-electron chi connectivity index (χ4n) is 2.50. The minimum absolute atomic E-state index is 0.0297. The Hall–Kier alpha value is -1.68. The molecule has 4 heteroatoms. The van der Waals surface area contributed by atoms with E-state index in [0.717, 1.165) is 24.8 Å². The molecule has 1 aromatic heterocycles. The van der Waals surface area contributed by atoms with Crippen LogP contribution in [0.2, 0.25) is 0 Å². The van der Waals surface area contributed by atoms with Crippen LogP contribution in [-0.4, -0.2) is 21.4 Å². The van der Waals surface area contributed by atoms with Gasteiger partial charge in [-0.2, -0.15) is 4.98 Å². The molecule has 4 nitrogen and oxygen atoms in total. The van der Waals surface area contributed by atoms with Crippen molar-refractivity contribution in [3.05, 3.63) is 47.6 Å². The highest BCUT2D eigenvalue weighted by molar-refractivity contribution is 5.18. The van der Waals surface area contributed by atoms with E-state index in [4.69, 9.17) is 4.52 Å². The minimum atomic E-state index is -0.324. The Bertz CT molecular complexity index is 510. The van der Waals surface area contributed by atoms with E-state index >= 15 is 0 Å². The first kappa shape index (κ1) is 11.4. The first-order chi connectivity index (χ1) is 8.83. The molecule has 0 radical (unpaired) electrons. The van der Waals surface area contributed by atoms with Gasteiger partial charge in [0.2, 0.25) is 5.89 Å². The van der Waals surface area contributed by atoms with Crippen LogP contribution in [0.25, 0.3) is 0 Å². The second kappa shape index (κ2) is 4.90. The molecule has 1 heterocycles. The molecule has 1 saturated carbocycles. The van der Waals surface area contributed by atoms with Gasteiger partial charge in [-0.1, -0.05) is 35.5 Å². The summed E-state index contributed by atoms with van der Waals surface area (Å²) in [6.07, 6.45) is 3.15. The van der Waals surface area contributed by atoms with E-state index in [1.165, 1.54) is 0 Å². The lowest BCUT2D eigenvalue weighted by atomic mass is 10.1. The number of nitrogens with zero attached hydrogens (tertiary/aromatic N) is 2. The van der Waals surface area contributed by atoms with Crippen LogP contribution < -0.4 is 0 Å². The summed E-state index contributed by atoms with van der Waals surface area (Å²) >= 11 is 0. The molecule has 1 aliphatic rings. The molecule has 18 heavy (non-hydrogen) atoms. The van der Waals surface area contributed by atoms with E-state index in [1.54, 1.807) is 0 Å². The molecular weight excluding hydrogens is 228 g/mol. The maximum atomic E-state index is 9.81. The Morgan fingerprint density at radius 3 is 2.78 bits per heavy atom. The standard InChI is InChI=1S/C14H16N2O2/c17-12-8-4-7-11(12)14-15-13(16-18-14)9-10-5-2-1-3-6-10/h1-3,5-6,11-12,17H,4,7-9H2. The SMILES string of the molecule is OC1CCCC1c1nc(Cc2ccccc2)no1. The molecule has 2 aromatic rings. The lowest BCUT2D eigenvalue weighted by Gasteiger charge is -2.07. The largest absolute Gasteiger partial charge is 0.392 e. The van der Waals surface area contributed by atoms with Gasteiger partial charge in [0.15, 0.2) is 5.82 Å². The summed E-state index contributed by atoms with van der Waals surface area (Å²) in [6.45, 7) is 0. The van der Waals surface area contributed by atoms with Crippen molar-refractivity contribution in [1.82, 2.24) is 10.1 Å².